The van der Waals surface area contributed by atoms with Crippen molar-refractivity contribution in [1.82, 2.24) is 10.6 Å². The molecule has 174 valence electrons. The van der Waals surface area contributed by atoms with Crippen molar-refractivity contribution in [3.63, 3.8) is 0 Å². The quantitative estimate of drug-likeness (QED) is 0.225. The molecule has 3 rings (SSSR count). The summed E-state index contributed by atoms with van der Waals surface area (Å²) in [5, 5.41) is 13.3. The van der Waals surface area contributed by atoms with Gasteiger partial charge in [-0.15, -0.1) is 0 Å². The Labute approximate surface area is 178 Å². The average molecular weight is 462 g/mol. The minimum Gasteiger partial charge on any atom is -0.483 e. The molecular formula is C19H18F4N2O7. The van der Waals surface area contributed by atoms with Crippen LogP contribution in [0.3, 0.4) is 0 Å². The first-order valence-corrected chi connectivity index (χ1v) is 9.51. The SMILES string of the molecule is O=C(O)CNC(=O)C1(C(=O)NC2CC(=O)OC2COc2c(F)c(F)cc(F)c2F)CCC1. The number of aliphatic carboxylic acids is 1. The molecule has 1 heterocycles. The number of hydrogen-bond acceptors (Lipinski definition) is 6. The molecule has 1 aliphatic heterocycles. The van der Waals surface area contributed by atoms with Gasteiger partial charge in [-0.25, -0.2) is 8.78 Å². The van der Waals surface area contributed by atoms with Crippen molar-refractivity contribution in [2.75, 3.05) is 13.2 Å². The van der Waals surface area contributed by atoms with Crippen molar-refractivity contribution in [3.8, 4) is 5.75 Å². The Morgan fingerprint density at radius 3 is 2.28 bits per heavy atom. The van der Waals surface area contributed by atoms with Crippen LogP contribution in [-0.4, -0.2) is 54.2 Å². The van der Waals surface area contributed by atoms with E-state index in [0.29, 0.717) is 6.42 Å². The molecule has 0 spiro atoms. The number of carboxylic acids is 1. The Kier molecular flexibility index (Phi) is 6.55. The van der Waals surface area contributed by atoms with E-state index in [0.717, 1.165) is 0 Å². The number of carbonyl (C=O) groups excluding carboxylic acids is 3. The number of carboxylic acid groups (broad SMARTS) is 1. The number of amides is 2. The zero-order chi connectivity index (χ0) is 23.6. The lowest BCUT2D eigenvalue weighted by molar-refractivity contribution is -0.152. The summed E-state index contributed by atoms with van der Waals surface area (Å²) in [6.07, 6.45) is -0.798. The highest BCUT2D eigenvalue weighted by Gasteiger charge is 2.52. The molecule has 1 aliphatic carbocycles. The summed E-state index contributed by atoms with van der Waals surface area (Å²) in [5.74, 6) is -11.9. The highest BCUT2D eigenvalue weighted by molar-refractivity contribution is 6.06. The minimum absolute atomic E-state index is 0.00359. The number of hydrogen-bond donors (Lipinski definition) is 3. The largest absolute Gasteiger partial charge is 0.483 e. The topological polar surface area (TPSA) is 131 Å². The van der Waals surface area contributed by atoms with Crippen molar-refractivity contribution in [2.45, 2.75) is 37.8 Å². The van der Waals surface area contributed by atoms with Gasteiger partial charge in [0, 0.05) is 6.07 Å². The number of rotatable bonds is 8. The van der Waals surface area contributed by atoms with Crippen LogP contribution in [0.2, 0.25) is 0 Å². The maximum Gasteiger partial charge on any atom is 0.322 e. The van der Waals surface area contributed by atoms with E-state index >= 15 is 0 Å². The molecule has 2 amide bonds. The van der Waals surface area contributed by atoms with E-state index in [1.807, 2.05) is 0 Å². The van der Waals surface area contributed by atoms with Crippen molar-refractivity contribution in [1.29, 1.82) is 0 Å². The van der Waals surface area contributed by atoms with Crippen molar-refractivity contribution < 1.29 is 51.3 Å². The molecule has 9 nitrogen and oxygen atoms in total. The van der Waals surface area contributed by atoms with Crippen LogP contribution < -0.4 is 15.4 Å². The molecular weight excluding hydrogens is 444 g/mol. The Bertz CT molecular complexity index is 941. The summed E-state index contributed by atoms with van der Waals surface area (Å²) in [6.45, 7) is -1.43. The van der Waals surface area contributed by atoms with E-state index in [4.69, 9.17) is 14.6 Å². The minimum atomic E-state index is -1.78. The molecule has 2 aliphatic rings. The van der Waals surface area contributed by atoms with Crippen LogP contribution in [0.5, 0.6) is 5.75 Å². The second-order valence-corrected chi connectivity index (χ2v) is 7.43. The Morgan fingerprint density at radius 2 is 1.75 bits per heavy atom. The predicted molar refractivity (Wildman–Crippen MR) is 95.1 cm³/mol. The van der Waals surface area contributed by atoms with Gasteiger partial charge >= 0.3 is 11.9 Å². The van der Waals surface area contributed by atoms with Gasteiger partial charge in [-0.2, -0.15) is 8.78 Å². The highest BCUT2D eigenvalue weighted by atomic mass is 19.2. The second kappa shape index (κ2) is 9.01. The van der Waals surface area contributed by atoms with Gasteiger partial charge in [0.1, 0.15) is 18.6 Å². The van der Waals surface area contributed by atoms with Crippen molar-refractivity contribution in [3.05, 3.63) is 29.3 Å². The monoisotopic (exact) mass is 462 g/mol. The number of carbonyl (C=O) groups is 4. The second-order valence-electron chi connectivity index (χ2n) is 7.43. The number of ether oxygens (including phenoxy) is 2. The van der Waals surface area contributed by atoms with Gasteiger partial charge in [0.25, 0.3) is 0 Å². The zero-order valence-electron chi connectivity index (χ0n) is 16.4. The van der Waals surface area contributed by atoms with E-state index in [-0.39, 0.29) is 25.3 Å². The molecule has 1 aromatic rings. The van der Waals surface area contributed by atoms with E-state index < -0.39 is 83.5 Å². The summed E-state index contributed by atoms with van der Waals surface area (Å²) in [7, 11) is 0. The van der Waals surface area contributed by atoms with Crippen LogP contribution in [0.25, 0.3) is 0 Å². The highest BCUT2D eigenvalue weighted by Crippen LogP contribution is 2.42. The molecule has 0 aromatic heterocycles. The molecule has 2 unspecified atom stereocenters. The summed E-state index contributed by atoms with van der Waals surface area (Å²) in [4.78, 5) is 47.5. The smallest absolute Gasteiger partial charge is 0.322 e. The fraction of sp³-hybridized carbons (Fsp3) is 0.474. The first-order valence-electron chi connectivity index (χ1n) is 9.51. The third-order valence-electron chi connectivity index (χ3n) is 5.37. The number of benzene rings is 1. The fourth-order valence-electron chi connectivity index (χ4n) is 3.47. The van der Waals surface area contributed by atoms with Gasteiger partial charge in [-0.1, -0.05) is 6.42 Å². The van der Waals surface area contributed by atoms with E-state index in [1.165, 1.54) is 0 Å². The van der Waals surface area contributed by atoms with Crippen LogP contribution in [0.1, 0.15) is 25.7 Å². The average Bonchev–Trinajstić information content (AvgIpc) is 3.03. The van der Waals surface area contributed by atoms with Gasteiger partial charge in [0.05, 0.1) is 12.5 Å². The Balaban J connectivity index is 1.69. The molecule has 0 bridgehead atoms. The lowest BCUT2D eigenvalue weighted by atomic mass is 9.67. The van der Waals surface area contributed by atoms with E-state index in [9.17, 15) is 36.7 Å². The van der Waals surface area contributed by atoms with E-state index in [1.54, 1.807) is 0 Å². The lowest BCUT2D eigenvalue weighted by Gasteiger charge is -2.39. The molecule has 3 N–H and O–H groups in total. The molecule has 1 saturated heterocycles. The summed E-state index contributed by atoms with van der Waals surface area (Å²) < 4.78 is 63.9. The van der Waals surface area contributed by atoms with Gasteiger partial charge < -0.3 is 25.2 Å². The number of esters is 1. The number of halogens is 4. The summed E-state index contributed by atoms with van der Waals surface area (Å²) >= 11 is 0. The van der Waals surface area contributed by atoms with Gasteiger partial charge in [-0.05, 0) is 12.8 Å². The summed E-state index contributed by atoms with van der Waals surface area (Å²) in [6, 6.07) is -1.06. The maximum atomic E-state index is 13.8. The Hall–Kier alpha value is -3.38. The zero-order valence-corrected chi connectivity index (χ0v) is 16.4. The number of cyclic esters (lactones) is 1. The van der Waals surface area contributed by atoms with Crippen LogP contribution in [0.15, 0.2) is 6.07 Å². The third kappa shape index (κ3) is 4.46. The molecule has 0 radical (unpaired) electrons. The molecule has 1 saturated carbocycles. The molecule has 1 aromatic carbocycles. The predicted octanol–water partition coefficient (Wildman–Crippen LogP) is 0.793. The van der Waals surface area contributed by atoms with Crippen LogP contribution in [0, 0.1) is 28.7 Å². The van der Waals surface area contributed by atoms with Crippen LogP contribution >= 0.6 is 0 Å². The maximum absolute atomic E-state index is 13.8. The molecule has 2 fully saturated rings. The van der Waals surface area contributed by atoms with Gasteiger partial charge in [0.2, 0.25) is 23.4 Å². The standard InChI is InChI=1S/C19H18F4N2O7/c20-8-4-9(21)15(23)16(14(8)22)31-7-11-10(5-13(28)32-11)25-18(30)19(2-1-3-19)17(29)24-6-12(26)27/h4,10-11H,1-3,5-7H2,(H,24,29)(H,25,30)(H,26,27). The molecule has 2 atom stereocenters. The number of nitrogens with one attached hydrogen (secondary N) is 2. The Morgan fingerprint density at radius 1 is 1.12 bits per heavy atom. The van der Waals surface area contributed by atoms with Crippen molar-refractivity contribution >= 4 is 23.8 Å². The first kappa shape index (κ1) is 23.3. The third-order valence-corrected chi connectivity index (χ3v) is 5.37. The molecule has 32 heavy (non-hydrogen) atoms. The lowest BCUT2D eigenvalue weighted by Crippen LogP contribution is -2.58. The van der Waals surface area contributed by atoms with Gasteiger partial charge in [-0.3, -0.25) is 19.2 Å². The van der Waals surface area contributed by atoms with Crippen molar-refractivity contribution in [2.24, 2.45) is 5.41 Å². The van der Waals surface area contributed by atoms with Crippen LogP contribution in [0.4, 0.5) is 17.6 Å². The van der Waals surface area contributed by atoms with E-state index in [2.05, 4.69) is 10.6 Å². The van der Waals surface area contributed by atoms with Gasteiger partial charge in [0.15, 0.2) is 23.5 Å². The summed E-state index contributed by atoms with van der Waals surface area (Å²) in [5.41, 5.74) is -1.53. The first-order chi connectivity index (χ1) is 15.0. The normalized spacial score (nSPS) is 21.3. The fourth-order valence-corrected chi connectivity index (χ4v) is 3.47. The molecule has 13 heteroatoms. The van der Waals surface area contributed by atoms with Crippen LogP contribution in [-0.2, 0) is 23.9 Å².